The van der Waals surface area contributed by atoms with Crippen molar-refractivity contribution in [1.82, 2.24) is 0 Å². The summed E-state index contributed by atoms with van der Waals surface area (Å²) < 4.78 is 0. The summed E-state index contributed by atoms with van der Waals surface area (Å²) in [7, 11) is 0. The summed E-state index contributed by atoms with van der Waals surface area (Å²) in [5.41, 5.74) is 0.0424. The second-order valence-corrected chi connectivity index (χ2v) is 10.6. The molecule has 3 fully saturated rings. The van der Waals surface area contributed by atoms with Crippen molar-refractivity contribution < 1.29 is 0 Å². The standard InChI is InChI=1S/C26H45N/c1-3-5-6-17-26(20-27)18-15-25(16-19-26)24-13-11-23(12-14-24)22-9-7-21(4-2)8-10-22/h21-25H,3-19H2,1-2H3. The molecule has 27 heavy (non-hydrogen) atoms. The zero-order valence-corrected chi connectivity index (χ0v) is 18.4. The fraction of sp³-hybridized carbons (Fsp3) is 0.962. The summed E-state index contributed by atoms with van der Waals surface area (Å²) in [4.78, 5) is 0. The SMILES string of the molecule is CCCCCC1(C#N)CCC(C2CCC(C3CCC(CC)CC3)CC2)CC1. The predicted octanol–water partition coefficient (Wildman–Crippen LogP) is 8.29. The molecule has 0 radical (unpaired) electrons. The smallest absolute Gasteiger partial charge is 0.0689 e. The quantitative estimate of drug-likeness (QED) is 0.413. The lowest BCUT2D eigenvalue weighted by Gasteiger charge is -2.43. The minimum atomic E-state index is 0.0424. The number of nitriles is 1. The van der Waals surface area contributed by atoms with Crippen molar-refractivity contribution in [2.45, 2.75) is 123 Å². The van der Waals surface area contributed by atoms with Gasteiger partial charge in [0.15, 0.2) is 0 Å². The van der Waals surface area contributed by atoms with E-state index < -0.39 is 0 Å². The molecule has 0 aromatic heterocycles. The molecule has 3 aliphatic carbocycles. The van der Waals surface area contributed by atoms with Gasteiger partial charge in [-0.15, -0.1) is 0 Å². The van der Waals surface area contributed by atoms with E-state index in [0.717, 1.165) is 36.0 Å². The van der Waals surface area contributed by atoms with Gasteiger partial charge in [0.05, 0.1) is 11.5 Å². The molecule has 3 aliphatic rings. The van der Waals surface area contributed by atoms with Gasteiger partial charge in [0.2, 0.25) is 0 Å². The molecule has 0 aromatic rings. The Balaban J connectivity index is 1.40. The van der Waals surface area contributed by atoms with Crippen LogP contribution in [0, 0.1) is 46.3 Å². The van der Waals surface area contributed by atoms with Gasteiger partial charge in [-0.25, -0.2) is 0 Å². The first-order valence-electron chi connectivity index (χ1n) is 12.6. The maximum Gasteiger partial charge on any atom is 0.0689 e. The summed E-state index contributed by atoms with van der Waals surface area (Å²) in [6.07, 6.45) is 23.6. The van der Waals surface area contributed by atoms with Gasteiger partial charge in [-0.1, -0.05) is 52.4 Å². The fourth-order valence-corrected chi connectivity index (χ4v) is 6.95. The molecule has 0 spiro atoms. The molecule has 154 valence electrons. The minimum Gasteiger partial charge on any atom is -0.198 e. The van der Waals surface area contributed by atoms with Gasteiger partial charge in [0, 0.05) is 0 Å². The molecule has 0 unspecified atom stereocenters. The molecular weight excluding hydrogens is 326 g/mol. The van der Waals surface area contributed by atoms with Crippen LogP contribution >= 0.6 is 0 Å². The molecule has 0 atom stereocenters. The third kappa shape index (κ3) is 5.52. The number of unbranched alkanes of at least 4 members (excludes halogenated alkanes) is 2. The third-order valence-electron chi connectivity index (χ3n) is 9.10. The maximum absolute atomic E-state index is 9.80. The van der Waals surface area contributed by atoms with Gasteiger partial charge in [-0.3, -0.25) is 0 Å². The highest BCUT2D eigenvalue weighted by Crippen LogP contribution is 2.49. The van der Waals surface area contributed by atoms with Crippen molar-refractivity contribution in [1.29, 1.82) is 5.26 Å². The van der Waals surface area contributed by atoms with Crippen molar-refractivity contribution in [3.63, 3.8) is 0 Å². The van der Waals surface area contributed by atoms with Crippen molar-refractivity contribution >= 4 is 0 Å². The van der Waals surface area contributed by atoms with E-state index in [1.807, 2.05) is 0 Å². The number of hydrogen-bond donors (Lipinski definition) is 0. The molecule has 0 bridgehead atoms. The lowest BCUT2D eigenvalue weighted by Crippen LogP contribution is -2.32. The zero-order chi connectivity index (χ0) is 19.1. The second kappa shape index (κ2) is 10.3. The summed E-state index contributed by atoms with van der Waals surface area (Å²) in [5, 5.41) is 9.80. The van der Waals surface area contributed by atoms with Gasteiger partial charge < -0.3 is 0 Å². The van der Waals surface area contributed by atoms with Gasteiger partial charge in [-0.05, 0) is 100 Å². The summed E-state index contributed by atoms with van der Waals surface area (Å²) in [5.74, 6) is 5.08. The topological polar surface area (TPSA) is 23.8 Å². The Labute approximate surface area is 169 Å². The van der Waals surface area contributed by atoms with E-state index in [4.69, 9.17) is 0 Å². The Hall–Kier alpha value is -0.510. The molecule has 1 heteroatoms. The van der Waals surface area contributed by atoms with Crippen LogP contribution < -0.4 is 0 Å². The highest BCUT2D eigenvalue weighted by Gasteiger charge is 2.39. The number of hydrogen-bond acceptors (Lipinski definition) is 1. The molecule has 0 N–H and O–H groups in total. The summed E-state index contributed by atoms with van der Waals surface area (Å²) in [6, 6.07) is 2.76. The normalized spacial score (nSPS) is 40.4. The second-order valence-electron chi connectivity index (χ2n) is 10.6. The highest BCUT2D eigenvalue weighted by molar-refractivity contribution is 5.02. The van der Waals surface area contributed by atoms with Crippen molar-refractivity contribution in [2.24, 2.45) is 35.0 Å². The first-order chi connectivity index (χ1) is 13.2. The Kier molecular flexibility index (Phi) is 8.10. The molecule has 0 aliphatic heterocycles. The van der Waals surface area contributed by atoms with E-state index in [9.17, 15) is 5.26 Å². The van der Waals surface area contributed by atoms with Crippen LogP contribution in [0.2, 0.25) is 0 Å². The van der Waals surface area contributed by atoms with E-state index in [2.05, 4.69) is 19.9 Å². The van der Waals surface area contributed by atoms with Crippen molar-refractivity contribution in [3.05, 3.63) is 0 Å². The number of rotatable bonds is 7. The van der Waals surface area contributed by atoms with Crippen molar-refractivity contribution in [2.75, 3.05) is 0 Å². The molecule has 3 saturated carbocycles. The average Bonchev–Trinajstić information content (AvgIpc) is 2.75. The van der Waals surface area contributed by atoms with Gasteiger partial charge in [0.1, 0.15) is 0 Å². The Morgan fingerprint density at radius 1 is 0.704 bits per heavy atom. The molecule has 0 heterocycles. The van der Waals surface area contributed by atoms with Crippen LogP contribution in [0.4, 0.5) is 0 Å². The molecule has 1 nitrogen and oxygen atoms in total. The highest BCUT2D eigenvalue weighted by atomic mass is 14.5. The average molecular weight is 372 g/mol. The lowest BCUT2D eigenvalue weighted by molar-refractivity contribution is 0.0903. The van der Waals surface area contributed by atoms with Crippen LogP contribution in [0.1, 0.15) is 123 Å². The van der Waals surface area contributed by atoms with Crippen LogP contribution in [0.5, 0.6) is 0 Å². The maximum atomic E-state index is 9.80. The van der Waals surface area contributed by atoms with Gasteiger partial charge in [0.25, 0.3) is 0 Å². The largest absolute Gasteiger partial charge is 0.198 e. The van der Waals surface area contributed by atoms with Gasteiger partial charge >= 0.3 is 0 Å². The van der Waals surface area contributed by atoms with Crippen LogP contribution in [0.25, 0.3) is 0 Å². The summed E-state index contributed by atoms with van der Waals surface area (Å²) >= 11 is 0. The van der Waals surface area contributed by atoms with E-state index in [1.54, 1.807) is 0 Å². The monoisotopic (exact) mass is 371 g/mol. The molecule has 0 saturated heterocycles. The van der Waals surface area contributed by atoms with Crippen molar-refractivity contribution in [3.8, 4) is 6.07 Å². The van der Waals surface area contributed by atoms with Crippen LogP contribution in [-0.2, 0) is 0 Å². The van der Waals surface area contributed by atoms with E-state index >= 15 is 0 Å². The van der Waals surface area contributed by atoms with E-state index in [1.165, 1.54) is 103 Å². The third-order valence-corrected chi connectivity index (χ3v) is 9.10. The molecule has 0 amide bonds. The predicted molar refractivity (Wildman–Crippen MR) is 115 cm³/mol. The Morgan fingerprint density at radius 2 is 1.19 bits per heavy atom. The lowest BCUT2D eigenvalue weighted by atomic mass is 9.62. The molecule has 0 aromatic carbocycles. The fourth-order valence-electron chi connectivity index (χ4n) is 6.95. The van der Waals surface area contributed by atoms with Gasteiger partial charge in [-0.2, -0.15) is 5.26 Å². The first kappa shape index (κ1) is 21.2. The minimum absolute atomic E-state index is 0.0424. The Bertz CT molecular complexity index is 451. The van der Waals surface area contributed by atoms with Crippen LogP contribution in [-0.4, -0.2) is 0 Å². The van der Waals surface area contributed by atoms with E-state index in [0.29, 0.717) is 0 Å². The van der Waals surface area contributed by atoms with Crippen LogP contribution in [0.15, 0.2) is 0 Å². The number of nitrogens with zero attached hydrogens (tertiary/aromatic N) is 1. The zero-order valence-electron chi connectivity index (χ0n) is 18.4. The Morgan fingerprint density at radius 3 is 1.63 bits per heavy atom. The summed E-state index contributed by atoms with van der Waals surface area (Å²) in [6.45, 7) is 4.65. The van der Waals surface area contributed by atoms with Crippen LogP contribution in [0.3, 0.4) is 0 Å². The first-order valence-corrected chi connectivity index (χ1v) is 12.6. The van der Waals surface area contributed by atoms with E-state index in [-0.39, 0.29) is 5.41 Å². The molecule has 3 rings (SSSR count). The molecular formula is C26H45N.